The van der Waals surface area contributed by atoms with E-state index >= 15 is 0 Å². The van der Waals surface area contributed by atoms with Crippen LogP contribution in [0.3, 0.4) is 0 Å². The maximum absolute atomic E-state index is 11.5. The van der Waals surface area contributed by atoms with Crippen LogP contribution in [0.5, 0.6) is 0 Å². The number of carbonyl (C=O) groups is 2. The molecule has 0 aliphatic rings. The first-order chi connectivity index (χ1) is 10.0. The topological polar surface area (TPSA) is 104 Å². The molecule has 0 saturated heterocycles. The van der Waals surface area contributed by atoms with Gasteiger partial charge in [0.2, 0.25) is 0 Å². The number of carboxylic acid groups (broad SMARTS) is 1. The fraction of sp³-hybridized carbons (Fsp3) is 0.733. The number of esters is 1. The Kier molecular flexibility index (Phi) is 11.5. The molecule has 0 aromatic rings. The van der Waals surface area contributed by atoms with Crippen molar-refractivity contribution >= 4 is 11.9 Å². The van der Waals surface area contributed by atoms with E-state index in [1.54, 1.807) is 0 Å². The van der Waals surface area contributed by atoms with Gasteiger partial charge in [-0.3, -0.25) is 9.59 Å². The van der Waals surface area contributed by atoms with Crippen molar-refractivity contribution in [3.05, 3.63) is 12.2 Å². The SMILES string of the molecule is CCC/C=C/CCCC(CC(=O)OC(CO)CO)C(=O)O. The summed E-state index contributed by atoms with van der Waals surface area (Å²) in [5.74, 6) is -2.54. The summed E-state index contributed by atoms with van der Waals surface area (Å²) in [6.07, 6.45) is 6.82. The highest BCUT2D eigenvalue weighted by Crippen LogP contribution is 2.15. The van der Waals surface area contributed by atoms with Gasteiger partial charge in [-0.2, -0.15) is 0 Å². The van der Waals surface area contributed by atoms with E-state index < -0.39 is 37.2 Å². The van der Waals surface area contributed by atoms with E-state index in [4.69, 9.17) is 20.1 Å². The highest BCUT2D eigenvalue weighted by molar-refractivity contribution is 5.78. The molecule has 1 unspecified atom stereocenters. The lowest BCUT2D eigenvalue weighted by Gasteiger charge is -2.15. The van der Waals surface area contributed by atoms with Gasteiger partial charge in [-0.05, 0) is 25.7 Å². The van der Waals surface area contributed by atoms with Crippen molar-refractivity contribution in [3.63, 3.8) is 0 Å². The molecule has 0 spiro atoms. The summed E-state index contributed by atoms with van der Waals surface area (Å²) < 4.78 is 4.77. The van der Waals surface area contributed by atoms with E-state index in [-0.39, 0.29) is 6.42 Å². The lowest BCUT2D eigenvalue weighted by molar-refractivity contribution is -0.158. The molecule has 0 amide bonds. The van der Waals surface area contributed by atoms with Gasteiger partial charge >= 0.3 is 11.9 Å². The molecule has 0 fully saturated rings. The molecular formula is C15H26O6. The lowest BCUT2D eigenvalue weighted by atomic mass is 9.98. The Hall–Kier alpha value is -1.40. The Bertz CT molecular complexity index is 322. The molecule has 0 aromatic carbocycles. The van der Waals surface area contributed by atoms with E-state index in [0.717, 1.165) is 19.3 Å². The maximum atomic E-state index is 11.5. The molecular weight excluding hydrogens is 276 g/mol. The van der Waals surface area contributed by atoms with Gasteiger partial charge in [0.05, 0.1) is 25.6 Å². The van der Waals surface area contributed by atoms with Crippen LogP contribution in [0.25, 0.3) is 0 Å². The van der Waals surface area contributed by atoms with Gasteiger partial charge in [-0.25, -0.2) is 0 Å². The van der Waals surface area contributed by atoms with E-state index in [9.17, 15) is 9.59 Å². The third kappa shape index (κ3) is 10.0. The van der Waals surface area contributed by atoms with Crippen LogP contribution in [-0.2, 0) is 14.3 Å². The molecule has 21 heavy (non-hydrogen) atoms. The second-order valence-electron chi connectivity index (χ2n) is 4.91. The molecule has 3 N–H and O–H groups in total. The summed E-state index contributed by atoms with van der Waals surface area (Å²) >= 11 is 0. The van der Waals surface area contributed by atoms with Crippen LogP contribution in [0, 0.1) is 5.92 Å². The molecule has 0 saturated carbocycles. The maximum Gasteiger partial charge on any atom is 0.307 e. The van der Waals surface area contributed by atoms with Crippen LogP contribution < -0.4 is 0 Å². The predicted molar refractivity (Wildman–Crippen MR) is 77.7 cm³/mol. The minimum Gasteiger partial charge on any atom is -0.481 e. The third-order valence-electron chi connectivity index (χ3n) is 3.01. The van der Waals surface area contributed by atoms with Crippen molar-refractivity contribution in [1.29, 1.82) is 0 Å². The zero-order chi connectivity index (χ0) is 16.1. The van der Waals surface area contributed by atoms with Crippen molar-refractivity contribution in [2.24, 2.45) is 5.92 Å². The van der Waals surface area contributed by atoms with Crippen LogP contribution in [-0.4, -0.2) is 46.6 Å². The van der Waals surface area contributed by atoms with Crippen LogP contribution in [0.15, 0.2) is 12.2 Å². The molecule has 1 atom stereocenters. The number of unbranched alkanes of at least 4 members (excludes halogenated alkanes) is 2. The smallest absolute Gasteiger partial charge is 0.307 e. The molecule has 0 heterocycles. The number of hydrogen-bond acceptors (Lipinski definition) is 5. The van der Waals surface area contributed by atoms with Crippen molar-refractivity contribution in [2.75, 3.05) is 13.2 Å². The lowest BCUT2D eigenvalue weighted by Crippen LogP contribution is -2.28. The van der Waals surface area contributed by atoms with Gasteiger partial charge in [0.25, 0.3) is 0 Å². The van der Waals surface area contributed by atoms with E-state index in [2.05, 4.69) is 13.0 Å². The number of ether oxygens (including phenoxy) is 1. The van der Waals surface area contributed by atoms with Gasteiger partial charge in [0, 0.05) is 0 Å². The number of carbonyl (C=O) groups excluding carboxylic acids is 1. The average molecular weight is 302 g/mol. The fourth-order valence-corrected chi connectivity index (χ4v) is 1.76. The second-order valence-corrected chi connectivity index (χ2v) is 4.91. The quantitative estimate of drug-likeness (QED) is 0.287. The first kappa shape index (κ1) is 19.6. The summed E-state index contributed by atoms with van der Waals surface area (Å²) in [5, 5.41) is 26.7. The Balaban J connectivity index is 4.12. The van der Waals surface area contributed by atoms with Gasteiger partial charge < -0.3 is 20.1 Å². The van der Waals surface area contributed by atoms with Crippen LogP contribution in [0.4, 0.5) is 0 Å². The normalized spacial score (nSPS) is 12.8. The van der Waals surface area contributed by atoms with E-state index in [1.165, 1.54) is 0 Å². The predicted octanol–water partition coefficient (Wildman–Crippen LogP) is 1.50. The monoisotopic (exact) mass is 302 g/mol. The third-order valence-corrected chi connectivity index (χ3v) is 3.01. The van der Waals surface area contributed by atoms with Crippen molar-refractivity contribution < 1.29 is 29.6 Å². The highest BCUT2D eigenvalue weighted by Gasteiger charge is 2.23. The number of aliphatic hydroxyl groups excluding tert-OH is 2. The van der Waals surface area contributed by atoms with Gasteiger partial charge in [-0.15, -0.1) is 0 Å². The molecule has 0 radical (unpaired) electrons. The number of aliphatic carboxylic acids is 1. The molecule has 0 rings (SSSR count). The molecule has 0 aliphatic heterocycles. The van der Waals surface area contributed by atoms with Crippen molar-refractivity contribution in [1.82, 2.24) is 0 Å². The fourth-order valence-electron chi connectivity index (χ4n) is 1.76. The standard InChI is InChI=1S/C15H26O6/c1-2-3-4-5-6-7-8-12(15(19)20)9-14(18)21-13(10-16)11-17/h4-5,12-13,16-17H,2-3,6-11H2,1H3,(H,19,20)/b5-4+. The first-order valence-electron chi connectivity index (χ1n) is 7.34. The molecule has 6 heteroatoms. The number of hydrogen-bond donors (Lipinski definition) is 3. The first-order valence-corrected chi connectivity index (χ1v) is 7.34. The number of allylic oxidation sites excluding steroid dienone is 2. The minimum absolute atomic E-state index is 0.246. The molecule has 0 bridgehead atoms. The number of aliphatic hydroxyl groups is 2. The summed E-state index contributed by atoms with van der Waals surface area (Å²) in [7, 11) is 0. The summed E-state index contributed by atoms with van der Waals surface area (Å²) in [6, 6.07) is 0. The van der Waals surface area contributed by atoms with E-state index in [0.29, 0.717) is 12.8 Å². The number of rotatable bonds is 12. The van der Waals surface area contributed by atoms with Gasteiger partial charge in [0.15, 0.2) is 0 Å². The Morgan fingerprint density at radius 1 is 1.14 bits per heavy atom. The second kappa shape index (κ2) is 12.3. The molecule has 122 valence electrons. The van der Waals surface area contributed by atoms with E-state index in [1.807, 2.05) is 6.08 Å². The summed E-state index contributed by atoms with van der Waals surface area (Å²) in [4.78, 5) is 22.6. The highest BCUT2D eigenvalue weighted by atomic mass is 16.6. The minimum atomic E-state index is -1.03. The van der Waals surface area contributed by atoms with Gasteiger partial charge in [-0.1, -0.05) is 25.5 Å². The molecule has 6 nitrogen and oxygen atoms in total. The Morgan fingerprint density at radius 2 is 1.76 bits per heavy atom. The summed E-state index contributed by atoms with van der Waals surface area (Å²) in [5.41, 5.74) is 0. The zero-order valence-corrected chi connectivity index (χ0v) is 12.5. The van der Waals surface area contributed by atoms with Crippen LogP contribution >= 0.6 is 0 Å². The molecule has 0 aromatic heterocycles. The molecule has 0 aliphatic carbocycles. The van der Waals surface area contributed by atoms with Crippen LogP contribution in [0.2, 0.25) is 0 Å². The van der Waals surface area contributed by atoms with Gasteiger partial charge in [0.1, 0.15) is 6.10 Å². The number of carboxylic acids is 1. The van der Waals surface area contributed by atoms with Crippen LogP contribution in [0.1, 0.15) is 45.4 Å². The van der Waals surface area contributed by atoms with Crippen molar-refractivity contribution in [2.45, 2.75) is 51.6 Å². The Morgan fingerprint density at radius 3 is 2.29 bits per heavy atom. The Labute approximate surface area is 125 Å². The summed E-state index contributed by atoms with van der Waals surface area (Å²) in [6.45, 7) is 1.12. The average Bonchev–Trinajstić information content (AvgIpc) is 2.46. The van der Waals surface area contributed by atoms with Crippen molar-refractivity contribution in [3.8, 4) is 0 Å². The zero-order valence-electron chi connectivity index (χ0n) is 12.5. The largest absolute Gasteiger partial charge is 0.481 e.